The van der Waals surface area contributed by atoms with Gasteiger partial charge in [-0.2, -0.15) is 0 Å². The zero-order valence-electron chi connectivity index (χ0n) is 11.2. The van der Waals surface area contributed by atoms with Gasteiger partial charge in [0.1, 0.15) is 12.2 Å². The molecule has 0 amide bonds. The fourth-order valence-corrected chi connectivity index (χ4v) is 2.83. The monoisotopic (exact) mass is 236 g/mol. The van der Waals surface area contributed by atoms with Crippen molar-refractivity contribution in [1.82, 2.24) is 14.8 Å². The van der Waals surface area contributed by atoms with Crippen LogP contribution in [0.25, 0.3) is 0 Å². The predicted octanol–water partition coefficient (Wildman–Crippen LogP) is 2.27. The minimum Gasteiger partial charge on any atom is -0.329 e. The third kappa shape index (κ3) is 2.23. The van der Waals surface area contributed by atoms with Crippen molar-refractivity contribution in [3.8, 4) is 0 Å². The Balaban J connectivity index is 2.31. The summed E-state index contributed by atoms with van der Waals surface area (Å²) in [6.07, 6.45) is 6.64. The van der Waals surface area contributed by atoms with Crippen LogP contribution in [0.5, 0.6) is 0 Å². The standard InChI is InChI=1S/C13H24N4/c1-10(2)17-9-15-16-12(17)13(8-14)6-4-11(3)5-7-13/h9-11H,4-8,14H2,1-3H3. The maximum absolute atomic E-state index is 6.06. The van der Waals surface area contributed by atoms with Crippen LogP contribution in [0.2, 0.25) is 0 Å². The van der Waals surface area contributed by atoms with Crippen LogP contribution in [0.1, 0.15) is 58.3 Å². The highest BCUT2D eigenvalue weighted by Gasteiger charge is 2.38. The fourth-order valence-electron chi connectivity index (χ4n) is 2.83. The van der Waals surface area contributed by atoms with Gasteiger partial charge in [-0.25, -0.2) is 0 Å². The van der Waals surface area contributed by atoms with E-state index in [4.69, 9.17) is 5.73 Å². The van der Waals surface area contributed by atoms with Crippen molar-refractivity contribution in [2.75, 3.05) is 6.54 Å². The lowest BCUT2D eigenvalue weighted by molar-refractivity contribution is 0.228. The van der Waals surface area contributed by atoms with Crippen molar-refractivity contribution in [2.24, 2.45) is 11.7 Å². The molecule has 4 heteroatoms. The van der Waals surface area contributed by atoms with Gasteiger partial charge in [0.25, 0.3) is 0 Å². The van der Waals surface area contributed by atoms with Gasteiger partial charge in [-0.3, -0.25) is 0 Å². The van der Waals surface area contributed by atoms with E-state index in [9.17, 15) is 0 Å². The predicted molar refractivity (Wildman–Crippen MR) is 68.8 cm³/mol. The van der Waals surface area contributed by atoms with E-state index in [1.807, 2.05) is 6.33 Å². The molecule has 1 aromatic rings. The highest BCUT2D eigenvalue weighted by molar-refractivity contribution is 5.11. The van der Waals surface area contributed by atoms with Gasteiger partial charge in [0.15, 0.2) is 0 Å². The lowest BCUT2D eigenvalue weighted by atomic mass is 9.70. The Morgan fingerprint density at radius 1 is 1.47 bits per heavy atom. The number of nitrogens with zero attached hydrogens (tertiary/aromatic N) is 3. The molecule has 0 spiro atoms. The number of hydrogen-bond acceptors (Lipinski definition) is 3. The van der Waals surface area contributed by atoms with Gasteiger partial charge in [0.05, 0.1) is 0 Å². The van der Waals surface area contributed by atoms with Gasteiger partial charge in [-0.1, -0.05) is 6.92 Å². The average molecular weight is 236 g/mol. The first-order valence-corrected chi connectivity index (χ1v) is 6.69. The van der Waals surface area contributed by atoms with Crippen LogP contribution < -0.4 is 5.73 Å². The molecule has 0 bridgehead atoms. The molecule has 4 nitrogen and oxygen atoms in total. The third-order valence-electron chi connectivity index (χ3n) is 4.23. The summed E-state index contributed by atoms with van der Waals surface area (Å²) in [5, 5.41) is 8.45. The minimum absolute atomic E-state index is 0.0628. The first-order valence-electron chi connectivity index (χ1n) is 6.69. The first-order chi connectivity index (χ1) is 8.09. The van der Waals surface area contributed by atoms with Crippen LogP contribution in [0.4, 0.5) is 0 Å². The largest absolute Gasteiger partial charge is 0.329 e. The number of nitrogens with two attached hydrogens (primary N) is 1. The van der Waals surface area contributed by atoms with Crippen molar-refractivity contribution in [3.05, 3.63) is 12.2 Å². The molecule has 0 atom stereocenters. The summed E-state index contributed by atoms with van der Waals surface area (Å²) in [6, 6.07) is 0.405. The molecule has 1 heterocycles. The Bertz CT molecular complexity index is 361. The topological polar surface area (TPSA) is 56.7 Å². The van der Waals surface area contributed by atoms with Gasteiger partial charge >= 0.3 is 0 Å². The molecular formula is C13H24N4. The van der Waals surface area contributed by atoms with E-state index in [0.717, 1.165) is 24.6 Å². The minimum atomic E-state index is 0.0628. The second kappa shape index (κ2) is 4.77. The maximum Gasteiger partial charge on any atom is 0.140 e. The summed E-state index contributed by atoms with van der Waals surface area (Å²) in [4.78, 5) is 0. The zero-order chi connectivity index (χ0) is 12.5. The molecule has 0 aromatic carbocycles. The van der Waals surface area contributed by atoms with Gasteiger partial charge in [-0.15, -0.1) is 10.2 Å². The summed E-state index contributed by atoms with van der Waals surface area (Å²) in [5.74, 6) is 1.92. The molecule has 2 N–H and O–H groups in total. The summed E-state index contributed by atoms with van der Waals surface area (Å²) >= 11 is 0. The smallest absolute Gasteiger partial charge is 0.140 e. The molecule has 2 rings (SSSR count). The second-order valence-corrected chi connectivity index (χ2v) is 5.82. The molecule has 1 fully saturated rings. The molecule has 1 aliphatic carbocycles. The molecule has 17 heavy (non-hydrogen) atoms. The molecule has 1 aromatic heterocycles. The van der Waals surface area contributed by atoms with Gasteiger partial charge < -0.3 is 10.3 Å². The Morgan fingerprint density at radius 3 is 2.65 bits per heavy atom. The van der Waals surface area contributed by atoms with Crippen molar-refractivity contribution < 1.29 is 0 Å². The van der Waals surface area contributed by atoms with E-state index < -0.39 is 0 Å². The number of rotatable bonds is 3. The Hall–Kier alpha value is -0.900. The molecule has 0 saturated heterocycles. The van der Waals surface area contributed by atoms with E-state index in [-0.39, 0.29) is 5.41 Å². The van der Waals surface area contributed by atoms with E-state index in [1.165, 1.54) is 12.8 Å². The molecule has 96 valence electrons. The summed E-state index contributed by atoms with van der Waals surface area (Å²) in [6.45, 7) is 7.35. The van der Waals surface area contributed by atoms with Crippen LogP contribution in [-0.4, -0.2) is 21.3 Å². The molecule has 0 radical (unpaired) electrons. The SMILES string of the molecule is CC1CCC(CN)(c2nncn2C(C)C)CC1. The molecule has 1 saturated carbocycles. The number of hydrogen-bond donors (Lipinski definition) is 1. The van der Waals surface area contributed by atoms with Crippen molar-refractivity contribution >= 4 is 0 Å². The van der Waals surface area contributed by atoms with Crippen molar-refractivity contribution in [1.29, 1.82) is 0 Å². The van der Waals surface area contributed by atoms with Crippen LogP contribution in [0.3, 0.4) is 0 Å². The second-order valence-electron chi connectivity index (χ2n) is 5.82. The quantitative estimate of drug-likeness (QED) is 0.876. The highest BCUT2D eigenvalue weighted by Crippen LogP contribution is 2.40. The van der Waals surface area contributed by atoms with E-state index >= 15 is 0 Å². The Labute approximate surface area is 104 Å². The maximum atomic E-state index is 6.06. The highest BCUT2D eigenvalue weighted by atomic mass is 15.3. The number of aromatic nitrogens is 3. The third-order valence-corrected chi connectivity index (χ3v) is 4.23. The molecule has 0 aliphatic heterocycles. The van der Waals surface area contributed by atoms with Crippen molar-refractivity contribution in [2.45, 2.75) is 57.9 Å². The lowest BCUT2D eigenvalue weighted by Gasteiger charge is -2.38. The Kier molecular flexibility index (Phi) is 3.52. The van der Waals surface area contributed by atoms with Gasteiger partial charge in [0, 0.05) is 18.0 Å². The fraction of sp³-hybridized carbons (Fsp3) is 0.846. The van der Waals surface area contributed by atoms with E-state index in [1.54, 1.807) is 0 Å². The molecule has 0 unspecified atom stereocenters. The van der Waals surface area contributed by atoms with Crippen molar-refractivity contribution in [3.63, 3.8) is 0 Å². The van der Waals surface area contributed by atoms with E-state index in [2.05, 4.69) is 35.5 Å². The van der Waals surface area contributed by atoms with Crippen LogP contribution in [0.15, 0.2) is 6.33 Å². The van der Waals surface area contributed by atoms with Crippen LogP contribution >= 0.6 is 0 Å². The van der Waals surface area contributed by atoms with Crippen LogP contribution in [0, 0.1) is 5.92 Å². The first kappa shape index (κ1) is 12.6. The average Bonchev–Trinajstić information content (AvgIpc) is 2.80. The Morgan fingerprint density at radius 2 is 2.12 bits per heavy atom. The summed E-state index contributed by atoms with van der Waals surface area (Å²) in [7, 11) is 0. The van der Waals surface area contributed by atoms with E-state index in [0.29, 0.717) is 12.6 Å². The zero-order valence-corrected chi connectivity index (χ0v) is 11.2. The molecular weight excluding hydrogens is 212 g/mol. The van der Waals surface area contributed by atoms with Gasteiger partial charge in [-0.05, 0) is 45.4 Å². The molecule has 1 aliphatic rings. The normalized spacial score (nSPS) is 29.8. The lowest BCUT2D eigenvalue weighted by Crippen LogP contribution is -2.41. The summed E-state index contributed by atoms with van der Waals surface area (Å²) in [5.41, 5.74) is 6.13. The van der Waals surface area contributed by atoms with Gasteiger partial charge in [0.2, 0.25) is 0 Å². The van der Waals surface area contributed by atoms with Crippen LogP contribution in [-0.2, 0) is 5.41 Å². The summed E-state index contributed by atoms with van der Waals surface area (Å²) < 4.78 is 2.18.